The van der Waals surface area contributed by atoms with E-state index in [1.165, 1.54) is 0 Å². The van der Waals surface area contributed by atoms with Gasteiger partial charge in [0.2, 0.25) is 5.79 Å². The molecule has 0 aliphatic carbocycles. The van der Waals surface area contributed by atoms with E-state index in [0.717, 1.165) is 12.0 Å². The van der Waals surface area contributed by atoms with E-state index < -0.39 is 10.9 Å². The van der Waals surface area contributed by atoms with Crippen molar-refractivity contribution in [2.75, 3.05) is 6.61 Å². The van der Waals surface area contributed by atoms with E-state index in [1.54, 1.807) is 24.7 Å². The predicted octanol–water partition coefficient (Wildman–Crippen LogP) is 3.52. The fraction of sp³-hybridized carbons (Fsp3) is 0.400. The van der Waals surface area contributed by atoms with Gasteiger partial charge in [0.25, 0.3) is 5.09 Å². The number of rotatable bonds is 4. The minimum Gasteiger partial charge on any atom is -0.342 e. The van der Waals surface area contributed by atoms with Gasteiger partial charge in [-0.05, 0) is 18.6 Å². The zero-order valence-electron chi connectivity index (χ0n) is 13.3. The third-order valence-corrected chi connectivity index (χ3v) is 4.15. The Morgan fingerprint density at radius 3 is 2.76 bits per heavy atom. The molecule has 25 heavy (non-hydrogen) atoms. The van der Waals surface area contributed by atoms with Gasteiger partial charge >= 0.3 is 0 Å². The van der Waals surface area contributed by atoms with Gasteiger partial charge in [-0.25, -0.2) is 4.98 Å². The Hall–Kier alpha value is -1.87. The molecule has 0 bridgehead atoms. The van der Waals surface area contributed by atoms with Crippen molar-refractivity contribution in [3.05, 3.63) is 62.6 Å². The van der Waals surface area contributed by atoms with Gasteiger partial charge in [0.05, 0.1) is 30.6 Å². The van der Waals surface area contributed by atoms with Crippen molar-refractivity contribution < 1.29 is 19.8 Å². The van der Waals surface area contributed by atoms with Gasteiger partial charge < -0.3 is 19.2 Å². The second-order valence-electron chi connectivity index (χ2n) is 5.31. The molecule has 0 saturated carbocycles. The SMILES string of the molecule is CC[C@@H]1CO[C@@](Cn2ccnc2)(c2ccc(Cl)cc2Cl)O1.O=[N+]([O-])O. The highest BCUT2D eigenvalue weighted by Gasteiger charge is 2.44. The third kappa shape index (κ3) is 5.05. The van der Waals surface area contributed by atoms with Gasteiger partial charge in [-0.3, -0.25) is 0 Å². The molecule has 1 N–H and O–H groups in total. The van der Waals surface area contributed by atoms with Crippen LogP contribution in [0.5, 0.6) is 0 Å². The Morgan fingerprint density at radius 2 is 2.24 bits per heavy atom. The summed E-state index contributed by atoms with van der Waals surface area (Å²) in [5.74, 6) is -0.900. The summed E-state index contributed by atoms with van der Waals surface area (Å²) < 4.78 is 14.1. The Balaban J connectivity index is 0.000000511. The van der Waals surface area contributed by atoms with Crippen LogP contribution < -0.4 is 0 Å². The molecule has 1 aromatic heterocycles. The van der Waals surface area contributed by atoms with E-state index in [2.05, 4.69) is 11.9 Å². The van der Waals surface area contributed by atoms with E-state index in [-0.39, 0.29) is 6.10 Å². The van der Waals surface area contributed by atoms with Crippen LogP contribution >= 0.6 is 23.2 Å². The van der Waals surface area contributed by atoms with Crippen molar-refractivity contribution >= 4 is 23.2 Å². The molecule has 0 amide bonds. The quantitative estimate of drug-likeness (QED) is 0.634. The standard InChI is InChI=1S/C15H16Cl2N2O2.HNO3/c1-2-12-8-20-15(21-12,9-19-6-5-18-10-19)13-4-3-11(16)7-14(13)17;2-1(3)4/h3-7,10,12H,2,8-9H2,1H3;(H,2,3,4)/t12-,15-;/m1./s1. The lowest BCUT2D eigenvalue weighted by Crippen LogP contribution is -2.33. The summed E-state index contributed by atoms with van der Waals surface area (Å²) >= 11 is 12.3. The maximum Gasteiger partial charge on any atom is 0.291 e. The molecule has 1 aliphatic rings. The first kappa shape index (κ1) is 19.5. The number of halogens is 2. The first-order chi connectivity index (χ1) is 11.9. The zero-order chi connectivity index (χ0) is 18.4. The molecule has 2 aromatic rings. The lowest BCUT2D eigenvalue weighted by molar-refractivity contribution is -0.742. The molecule has 136 valence electrons. The Morgan fingerprint density at radius 1 is 1.52 bits per heavy atom. The minimum absolute atomic E-state index is 0.0558. The molecule has 2 heterocycles. The van der Waals surface area contributed by atoms with Crippen LogP contribution in [0.3, 0.4) is 0 Å². The van der Waals surface area contributed by atoms with Crippen LogP contribution in [-0.2, 0) is 21.8 Å². The average molecular weight is 390 g/mol. The number of hydrogen-bond donors (Lipinski definition) is 1. The van der Waals surface area contributed by atoms with E-state index in [1.807, 2.05) is 16.8 Å². The number of ether oxygens (including phenoxy) is 2. The lowest BCUT2D eigenvalue weighted by atomic mass is 10.1. The average Bonchev–Trinajstić information content (AvgIpc) is 3.17. The van der Waals surface area contributed by atoms with E-state index in [9.17, 15) is 0 Å². The topological polar surface area (TPSA) is 99.7 Å². The van der Waals surface area contributed by atoms with Crippen molar-refractivity contribution in [1.82, 2.24) is 9.55 Å². The van der Waals surface area contributed by atoms with Crippen molar-refractivity contribution in [3.8, 4) is 0 Å². The van der Waals surface area contributed by atoms with Crippen molar-refractivity contribution in [2.45, 2.75) is 31.8 Å². The zero-order valence-corrected chi connectivity index (χ0v) is 14.9. The van der Waals surface area contributed by atoms with E-state index >= 15 is 0 Å². The van der Waals surface area contributed by atoms with Crippen LogP contribution in [0, 0.1) is 10.1 Å². The summed E-state index contributed by atoms with van der Waals surface area (Å²) in [5, 5.41) is 14.8. The lowest BCUT2D eigenvalue weighted by Gasteiger charge is -2.29. The van der Waals surface area contributed by atoms with Crippen LogP contribution in [0.4, 0.5) is 0 Å². The molecule has 0 spiro atoms. The van der Waals surface area contributed by atoms with Crippen molar-refractivity contribution in [3.63, 3.8) is 0 Å². The van der Waals surface area contributed by atoms with Gasteiger partial charge in [0.15, 0.2) is 0 Å². The summed E-state index contributed by atoms with van der Waals surface area (Å²) in [6.07, 6.45) is 6.27. The molecule has 8 nitrogen and oxygen atoms in total. The van der Waals surface area contributed by atoms with Gasteiger partial charge in [-0.2, -0.15) is 0 Å². The smallest absolute Gasteiger partial charge is 0.291 e. The fourth-order valence-corrected chi connectivity index (χ4v) is 3.05. The van der Waals surface area contributed by atoms with E-state index in [4.69, 9.17) is 48.0 Å². The molecule has 0 unspecified atom stereocenters. The Labute approximate surface area is 154 Å². The largest absolute Gasteiger partial charge is 0.342 e. The highest BCUT2D eigenvalue weighted by molar-refractivity contribution is 6.35. The Kier molecular flexibility index (Phi) is 6.60. The van der Waals surface area contributed by atoms with Crippen LogP contribution in [-0.4, -0.2) is 32.6 Å². The summed E-state index contributed by atoms with van der Waals surface area (Å²) in [7, 11) is 0. The summed E-state index contributed by atoms with van der Waals surface area (Å²) in [6.45, 7) is 3.11. The summed E-state index contributed by atoms with van der Waals surface area (Å²) in [5.41, 5.74) is 0.790. The van der Waals surface area contributed by atoms with Gasteiger partial charge in [0, 0.05) is 23.0 Å². The molecular weight excluding hydrogens is 373 g/mol. The number of imidazole rings is 1. The van der Waals surface area contributed by atoms with Gasteiger partial charge in [-0.15, -0.1) is 10.1 Å². The summed E-state index contributed by atoms with van der Waals surface area (Å²) in [6, 6.07) is 5.37. The molecule has 2 atom stereocenters. The second-order valence-corrected chi connectivity index (χ2v) is 6.15. The molecule has 3 rings (SSSR count). The molecule has 0 radical (unpaired) electrons. The number of hydrogen-bond acceptors (Lipinski definition) is 5. The number of aromatic nitrogens is 2. The molecular formula is C15H17Cl2N3O5. The predicted molar refractivity (Wildman–Crippen MR) is 90.3 cm³/mol. The Bertz CT molecular complexity index is 709. The first-order valence-corrected chi connectivity index (χ1v) is 8.18. The maximum absolute atomic E-state index is 8.36. The maximum atomic E-state index is 8.36. The van der Waals surface area contributed by atoms with E-state index in [0.29, 0.717) is 23.2 Å². The van der Waals surface area contributed by atoms with Crippen LogP contribution in [0.25, 0.3) is 0 Å². The molecule has 1 fully saturated rings. The van der Waals surface area contributed by atoms with Crippen LogP contribution in [0.1, 0.15) is 18.9 Å². The van der Waals surface area contributed by atoms with Gasteiger partial charge in [0.1, 0.15) is 0 Å². The monoisotopic (exact) mass is 389 g/mol. The first-order valence-electron chi connectivity index (χ1n) is 7.42. The second kappa shape index (κ2) is 8.48. The highest BCUT2D eigenvalue weighted by atomic mass is 35.5. The minimum atomic E-state index is -1.50. The number of nitrogens with zero attached hydrogens (tertiary/aromatic N) is 3. The van der Waals surface area contributed by atoms with Gasteiger partial charge in [-0.1, -0.05) is 36.2 Å². The van der Waals surface area contributed by atoms with Crippen molar-refractivity contribution in [2.24, 2.45) is 0 Å². The molecule has 10 heteroatoms. The molecule has 1 aliphatic heterocycles. The molecule has 1 saturated heterocycles. The third-order valence-electron chi connectivity index (χ3n) is 3.61. The van der Waals surface area contributed by atoms with Crippen LogP contribution in [0.15, 0.2) is 36.9 Å². The fourth-order valence-electron chi connectivity index (χ4n) is 2.49. The van der Waals surface area contributed by atoms with Crippen LogP contribution in [0.2, 0.25) is 10.0 Å². The molecule has 1 aromatic carbocycles. The van der Waals surface area contributed by atoms with Crippen molar-refractivity contribution in [1.29, 1.82) is 0 Å². The summed E-state index contributed by atoms with van der Waals surface area (Å²) in [4.78, 5) is 12.4. The normalized spacial score (nSPS) is 22.3. The number of benzene rings is 1. The highest BCUT2D eigenvalue weighted by Crippen LogP contribution is 2.40.